The van der Waals surface area contributed by atoms with Crippen LogP contribution in [-0.4, -0.2) is 5.78 Å². The van der Waals surface area contributed by atoms with E-state index in [1.807, 2.05) is 0 Å². The molecule has 0 fully saturated rings. The number of carbonyl (C=O) groups excluding carboxylic acids is 1. The van der Waals surface area contributed by atoms with Crippen LogP contribution in [0.5, 0.6) is 0 Å². The van der Waals surface area contributed by atoms with Crippen molar-refractivity contribution in [3.63, 3.8) is 0 Å². The Morgan fingerprint density at radius 2 is 1.37 bits per heavy atom. The molecule has 0 N–H and O–H groups in total. The van der Waals surface area contributed by atoms with Gasteiger partial charge in [-0.2, -0.15) is 0 Å². The second kappa shape index (κ2) is 8.62. The van der Waals surface area contributed by atoms with Crippen LogP contribution < -0.4 is 0 Å². The molecule has 0 aliphatic heterocycles. The standard InChI is InChI=1S/C21H20Br2OS3/c1-2-3-4-5-6-7-8-15(24)16-9-12-13-10-17(22)26-20(13)21-14(19(12)25-16)11-18(23)27-21/h9-11H,2-8H2,1H3. The van der Waals surface area contributed by atoms with Gasteiger partial charge in [0, 0.05) is 27.3 Å². The molecule has 27 heavy (non-hydrogen) atoms. The van der Waals surface area contributed by atoms with Crippen LogP contribution >= 0.6 is 65.9 Å². The molecule has 1 aromatic carbocycles. The number of ketones is 1. The van der Waals surface area contributed by atoms with Gasteiger partial charge in [-0.1, -0.05) is 39.0 Å². The Balaban J connectivity index is 1.64. The zero-order valence-corrected chi connectivity index (χ0v) is 20.7. The lowest BCUT2D eigenvalue weighted by atomic mass is 10.1. The van der Waals surface area contributed by atoms with E-state index < -0.39 is 0 Å². The summed E-state index contributed by atoms with van der Waals surface area (Å²) in [5.74, 6) is 0.302. The monoisotopic (exact) mass is 542 g/mol. The van der Waals surface area contributed by atoms with E-state index in [0.29, 0.717) is 12.2 Å². The molecule has 0 radical (unpaired) electrons. The van der Waals surface area contributed by atoms with Crippen molar-refractivity contribution in [2.75, 3.05) is 0 Å². The first kappa shape index (κ1) is 20.0. The molecule has 6 heteroatoms. The van der Waals surface area contributed by atoms with E-state index in [1.165, 1.54) is 62.4 Å². The van der Waals surface area contributed by atoms with Gasteiger partial charge in [0.2, 0.25) is 0 Å². The highest BCUT2D eigenvalue weighted by Crippen LogP contribution is 2.48. The van der Waals surface area contributed by atoms with Gasteiger partial charge in [0.1, 0.15) is 0 Å². The fourth-order valence-electron chi connectivity index (χ4n) is 3.55. The summed E-state index contributed by atoms with van der Waals surface area (Å²) in [5.41, 5.74) is 0. The zero-order chi connectivity index (χ0) is 19.0. The molecule has 4 aromatic rings. The SMILES string of the molecule is CCCCCCCCC(=O)c1cc2c3cc(Br)sc3c3sc(Br)cc3c2s1. The third-order valence-electron chi connectivity index (χ3n) is 4.91. The van der Waals surface area contributed by atoms with E-state index in [0.717, 1.165) is 18.9 Å². The van der Waals surface area contributed by atoms with Crippen LogP contribution in [0.1, 0.15) is 61.5 Å². The first-order valence-electron chi connectivity index (χ1n) is 9.35. The van der Waals surface area contributed by atoms with Gasteiger partial charge >= 0.3 is 0 Å². The van der Waals surface area contributed by atoms with Gasteiger partial charge in [0.25, 0.3) is 0 Å². The Labute approximate surface area is 188 Å². The summed E-state index contributed by atoms with van der Waals surface area (Å²) in [7, 11) is 0. The fraction of sp³-hybridized carbons (Fsp3) is 0.381. The molecule has 0 saturated heterocycles. The number of unbranched alkanes of at least 4 members (excludes halogenated alkanes) is 5. The Bertz CT molecular complexity index is 1050. The quantitative estimate of drug-likeness (QED) is 0.159. The van der Waals surface area contributed by atoms with Crippen molar-refractivity contribution in [2.45, 2.75) is 51.9 Å². The Hall–Kier alpha value is -0.270. The predicted octanol–water partition coefficient (Wildman–Crippen LogP) is 9.79. The van der Waals surface area contributed by atoms with Crippen molar-refractivity contribution >= 4 is 102 Å². The normalized spacial score (nSPS) is 12.0. The van der Waals surface area contributed by atoms with Crippen molar-refractivity contribution in [2.24, 2.45) is 0 Å². The van der Waals surface area contributed by atoms with Crippen LogP contribution in [0.4, 0.5) is 0 Å². The lowest BCUT2D eigenvalue weighted by Crippen LogP contribution is -1.95. The summed E-state index contributed by atoms with van der Waals surface area (Å²) in [4.78, 5) is 13.7. The van der Waals surface area contributed by atoms with Gasteiger partial charge in [-0.25, -0.2) is 0 Å². The molecule has 0 bridgehead atoms. The second-order valence-corrected chi connectivity index (χ2v) is 12.8. The fourth-order valence-corrected chi connectivity index (χ4v) is 8.15. The third-order valence-corrected chi connectivity index (χ3v) is 9.56. The maximum absolute atomic E-state index is 12.8. The number of rotatable bonds is 8. The maximum Gasteiger partial charge on any atom is 0.172 e. The van der Waals surface area contributed by atoms with Gasteiger partial charge in [0.05, 0.1) is 21.8 Å². The molecular weight excluding hydrogens is 524 g/mol. The summed E-state index contributed by atoms with van der Waals surface area (Å²) in [6.45, 7) is 2.23. The van der Waals surface area contributed by atoms with Crippen LogP contribution in [0.15, 0.2) is 25.8 Å². The minimum absolute atomic E-state index is 0.302. The zero-order valence-electron chi connectivity index (χ0n) is 15.1. The van der Waals surface area contributed by atoms with Crippen molar-refractivity contribution in [1.29, 1.82) is 0 Å². The summed E-state index contributed by atoms with van der Waals surface area (Å²) in [6.07, 6.45) is 7.97. The highest BCUT2D eigenvalue weighted by molar-refractivity contribution is 9.11. The number of hydrogen-bond acceptors (Lipinski definition) is 4. The molecule has 142 valence electrons. The lowest BCUT2D eigenvalue weighted by molar-refractivity contribution is 0.0983. The summed E-state index contributed by atoms with van der Waals surface area (Å²) in [6, 6.07) is 6.53. The van der Waals surface area contributed by atoms with E-state index in [4.69, 9.17) is 0 Å². The molecule has 3 aromatic heterocycles. The van der Waals surface area contributed by atoms with Crippen molar-refractivity contribution in [1.82, 2.24) is 0 Å². The predicted molar refractivity (Wildman–Crippen MR) is 130 cm³/mol. The van der Waals surface area contributed by atoms with E-state index in [9.17, 15) is 4.79 Å². The number of Topliss-reactive ketones (excluding diaryl/α,β-unsaturated/α-hetero) is 1. The van der Waals surface area contributed by atoms with E-state index in [1.54, 1.807) is 34.0 Å². The van der Waals surface area contributed by atoms with Crippen LogP contribution in [-0.2, 0) is 0 Å². The molecule has 0 atom stereocenters. The van der Waals surface area contributed by atoms with Crippen LogP contribution in [0.25, 0.3) is 30.3 Å². The average molecular weight is 544 g/mol. The molecule has 0 aliphatic carbocycles. The number of halogens is 2. The van der Waals surface area contributed by atoms with Crippen LogP contribution in [0.2, 0.25) is 0 Å². The first-order valence-corrected chi connectivity index (χ1v) is 13.4. The molecular formula is C21H20Br2OS3. The number of hydrogen-bond donors (Lipinski definition) is 0. The van der Waals surface area contributed by atoms with E-state index in [-0.39, 0.29) is 0 Å². The van der Waals surface area contributed by atoms with Crippen molar-refractivity contribution in [3.05, 3.63) is 30.6 Å². The molecule has 0 saturated carbocycles. The maximum atomic E-state index is 12.8. The van der Waals surface area contributed by atoms with Crippen LogP contribution in [0.3, 0.4) is 0 Å². The molecule has 0 unspecified atom stereocenters. The minimum atomic E-state index is 0.302. The number of fused-ring (bicyclic) bond motifs is 6. The van der Waals surface area contributed by atoms with E-state index in [2.05, 4.69) is 57.0 Å². The number of carbonyl (C=O) groups is 1. The molecule has 0 amide bonds. The van der Waals surface area contributed by atoms with Gasteiger partial charge in [-0.3, -0.25) is 4.79 Å². The lowest BCUT2D eigenvalue weighted by Gasteiger charge is -1.99. The third kappa shape index (κ3) is 4.06. The molecule has 1 nitrogen and oxygen atoms in total. The van der Waals surface area contributed by atoms with Crippen molar-refractivity contribution < 1.29 is 4.79 Å². The van der Waals surface area contributed by atoms with Crippen molar-refractivity contribution in [3.8, 4) is 0 Å². The number of thiophene rings is 3. The Kier molecular flexibility index (Phi) is 6.39. The Morgan fingerprint density at radius 3 is 2.11 bits per heavy atom. The molecule has 0 spiro atoms. The topological polar surface area (TPSA) is 17.1 Å². The highest BCUT2D eigenvalue weighted by atomic mass is 79.9. The summed E-state index contributed by atoms with van der Waals surface area (Å²) >= 11 is 12.5. The van der Waals surface area contributed by atoms with Gasteiger partial charge < -0.3 is 0 Å². The van der Waals surface area contributed by atoms with Gasteiger partial charge in [-0.05, 0) is 56.5 Å². The second-order valence-electron chi connectivity index (χ2n) is 6.88. The smallest absolute Gasteiger partial charge is 0.172 e. The van der Waals surface area contributed by atoms with Gasteiger partial charge in [-0.15, -0.1) is 34.0 Å². The van der Waals surface area contributed by atoms with Gasteiger partial charge in [0.15, 0.2) is 5.78 Å². The molecule has 4 rings (SSSR count). The highest BCUT2D eigenvalue weighted by Gasteiger charge is 2.18. The largest absolute Gasteiger partial charge is 0.293 e. The average Bonchev–Trinajstić information content (AvgIpc) is 3.32. The van der Waals surface area contributed by atoms with Crippen LogP contribution in [0, 0.1) is 0 Å². The Morgan fingerprint density at radius 1 is 0.778 bits per heavy atom. The molecule has 0 aliphatic rings. The molecule has 3 heterocycles. The summed E-state index contributed by atoms with van der Waals surface area (Å²) in [5, 5.41) is 3.76. The minimum Gasteiger partial charge on any atom is -0.293 e. The number of benzene rings is 1. The first-order chi connectivity index (χ1) is 13.1. The summed E-state index contributed by atoms with van der Waals surface area (Å²) < 4.78 is 6.16. The van der Waals surface area contributed by atoms with E-state index >= 15 is 0 Å².